The quantitative estimate of drug-likeness (QED) is 0.808. The highest BCUT2D eigenvalue weighted by Crippen LogP contribution is 2.35. The SMILES string of the molecule is Cc1ccc(NC(=O)CSC2=NC3CS(=O)(=O)CC3N2c2ccccc2)c(C)c1. The van der Waals surface area contributed by atoms with Crippen molar-refractivity contribution in [2.24, 2.45) is 4.99 Å². The molecule has 2 aliphatic heterocycles. The molecule has 2 unspecified atom stereocenters. The summed E-state index contributed by atoms with van der Waals surface area (Å²) in [6.07, 6.45) is 0. The van der Waals surface area contributed by atoms with Crippen molar-refractivity contribution in [2.45, 2.75) is 25.9 Å². The Bertz CT molecular complexity index is 1070. The summed E-state index contributed by atoms with van der Waals surface area (Å²) in [6.45, 7) is 3.98. The molecule has 1 fully saturated rings. The largest absolute Gasteiger partial charge is 0.325 e. The normalized spacial score (nSPS) is 22.3. The van der Waals surface area contributed by atoms with Crippen LogP contribution in [0.2, 0.25) is 0 Å². The van der Waals surface area contributed by atoms with Crippen LogP contribution >= 0.6 is 11.8 Å². The number of aliphatic imine (C=N–C) groups is 1. The molecular weight excluding hydrogens is 406 g/mol. The molecule has 2 heterocycles. The molecule has 2 aromatic rings. The summed E-state index contributed by atoms with van der Waals surface area (Å²) in [4.78, 5) is 19.1. The van der Waals surface area contributed by atoms with Crippen LogP contribution in [-0.4, -0.2) is 48.8 Å². The predicted molar refractivity (Wildman–Crippen MR) is 120 cm³/mol. The van der Waals surface area contributed by atoms with Gasteiger partial charge >= 0.3 is 0 Å². The number of hydrogen-bond acceptors (Lipinski definition) is 6. The number of rotatable bonds is 4. The van der Waals surface area contributed by atoms with Gasteiger partial charge in [0.2, 0.25) is 5.91 Å². The van der Waals surface area contributed by atoms with Crippen molar-refractivity contribution in [3.63, 3.8) is 0 Å². The minimum absolute atomic E-state index is 0.0693. The molecule has 1 N–H and O–H groups in total. The van der Waals surface area contributed by atoms with Crippen LogP contribution in [0.4, 0.5) is 11.4 Å². The first-order valence-corrected chi connectivity index (χ1v) is 12.3. The van der Waals surface area contributed by atoms with E-state index < -0.39 is 9.84 Å². The lowest BCUT2D eigenvalue weighted by Gasteiger charge is -2.26. The van der Waals surface area contributed by atoms with Crippen LogP contribution in [0.3, 0.4) is 0 Å². The summed E-state index contributed by atoms with van der Waals surface area (Å²) in [7, 11) is -3.09. The third-order valence-corrected chi connectivity index (χ3v) is 7.80. The number of aryl methyl sites for hydroxylation is 2. The fraction of sp³-hybridized carbons (Fsp3) is 0.333. The van der Waals surface area contributed by atoms with E-state index in [1.165, 1.54) is 11.8 Å². The Morgan fingerprint density at radius 3 is 2.66 bits per heavy atom. The van der Waals surface area contributed by atoms with E-state index in [1.807, 2.05) is 67.3 Å². The Hall–Kier alpha value is -2.32. The summed E-state index contributed by atoms with van der Waals surface area (Å²) < 4.78 is 24.2. The first kappa shape index (κ1) is 20.0. The van der Waals surface area contributed by atoms with Crippen molar-refractivity contribution in [1.82, 2.24) is 0 Å². The van der Waals surface area contributed by atoms with E-state index in [1.54, 1.807) is 0 Å². The maximum atomic E-state index is 12.5. The zero-order valence-corrected chi connectivity index (χ0v) is 18.0. The van der Waals surface area contributed by atoms with Crippen molar-refractivity contribution >= 4 is 44.0 Å². The molecule has 1 amide bonds. The van der Waals surface area contributed by atoms with E-state index >= 15 is 0 Å². The van der Waals surface area contributed by atoms with Gasteiger partial charge in [-0.05, 0) is 37.6 Å². The van der Waals surface area contributed by atoms with Crippen LogP contribution in [0.1, 0.15) is 11.1 Å². The van der Waals surface area contributed by atoms with E-state index in [2.05, 4.69) is 10.3 Å². The number of hydrogen-bond donors (Lipinski definition) is 1. The summed E-state index contributed by atoms with van der Waals surface area (Å²) in [5, 5.41) is 3.66. The average molecular weight is 430 g/mol. The molecule has 29 heavy (non-hydrogen) atoms. The van der Waals surface area contributed by atoms with E-state index in [4.69, 9.17) is 0 Å². The number of amides is 1. The molecule has 152 valence electrons. The van der Waals surface area contributed by atoms with Gasteiger partial charge in [0, 0.05) is 11.4 Å². The van der Waals surface area contributed by atoms with Crippen molar-refractivity contribution in [3.05, 3.63) is 59.7 Å². The second-order valence-corrected chi connectivity index (χ2v) is 10.6. The van der Waals surface area contributed by atoms with Crippen molar-refractivity contribution < 1.29 is 13.2 Å². The number of nitrogens with one attached hydrogen (secondary N) is 1. The Balaban J connectivity index is 1.48. The van der Waals surface area contributed by atoms with Gasteiger partial charge < -0.3 is 10.2 Å². The van der Waals surface area contributed by atoms with Gasteiger partial charge in [-0.3, -0.25) is 9.79 Å². The number of thioether (sulfide) groups is 1. The molecule has 0 aromatic heterocycles. The Morgan fingerprint density at radius 1 is 1.17 bits per heavy atom. The third kappa shape index (κ3) is 4.33. The Morgan fingerprint density at radius 2 is 1.93 bits per heavy atom. The molecule has 8 heteroatoms. The van der Waals surface area contributed by atoms with Gasteiger partial charge in [-0.25, -0.2) is 8.42 Å². The molecule has 0 aliphatic carbocycles. The van der Waals surface area contributed by atoms with Gasteiger partial charge in [0.15, 0.2) is 15.0 Å². The zero-order chi connectivity index (χ0) is 20.6. The Labute approximate surface area is 175 Å². The molecule has 1 saturated heterocycles. The summed E-state index contributed by atoms with van der Waals surface area (Å²) >= 11 is 1.35. The lowest BCUT2D eigenvalue weighted by atomic mass is 10.1. The minimum Gasteiger partial charge on any atom is -0.325 e. The van der Waals surface area contributed by atoms with Crippen molar-refractivity contribution in [3.8, 4) is 0 Å². The van der Waals surface area contributed by atoms with Gasteiger partial charge in [-0.1, -0.05) is 47.7 Å². The standard InChI is InChI=1S/C21H23N3O3S2/c1-14-8-9-17(15(2)10-14)22-20(25)11-28-21-23-18-12-29(26,27)13-19(18)24(21)16-6-4-3-5-7-16/h3-10,18-19H,11-13H2,1-2H3,(H,22,25). The number of benzene rings is 2. The molecule has 0 radical (unpaired) electrons. The van der Waals surface area contributed by atoms with Crippen LogP contribution in [0.5, 0.6) is 0 Å². The topological polar surface area (TPSA) is 78.8 Å². The fourth-order valence-electron chi connectivity index (χ4n) is 3.79. The molecule has 0 saturated carbocycles. The molecule has 0 spiro atoms. The summed E-state index contributed by atoms with van der Waals surface area (Å²) in [5.74, 6) is 0.262. The van der Waals surface area contributed by atoms with Crippen LogP contribution in [-0.2, 0) is 14.6 Å². The van der Waals surface area contributed by atoms with Crippen molar-refractivity contribution in [1.29, 1.82) is 0 Å². The van der Waals surface area contributed by atoms with E-state index in [0.29, 0.717) is 5.17 Å². The van der Waals surface area contributed by atoms with E-state index in [-0.39, 0.29) is 35.2 Å². The van der Waals surface area contributed by atoms with Gasteiger partial charge in [-0.2, -0.15) is 0 Å². The number of anilines is 2. The average Bonchev–Trinajstić information content (AvgIpc) is 3.14. The number of amidine groups is 1. The van der Waals surface area contributed by atoms with Gasteiger partial charge in [0.1, 0.15) is 0 Å². The maximum Gasteiger partial charge on any atom is 0.234 e. The number of fused-ring (bicyclic) bond motifs is 1. The van der Waals surface area contributed by atoms with Gasteiger partial charge in [0.05, 0.1) is 29.3 Å². The van der Waals surface area contributed by atoms with Crippen molar-refractivity contribution in [2.75, 3.05) is 27.5 Å². The number of nitrogens with zero attached hydrogens (tertiary/aromatic N) is 2. The molecule has 4 rings (SSSR count). The summed E-state index contributed by atoms with van der Waals surface area (Å²) in [5.41, 5.74) is 3.87. The molecule has 2 aromatic carbocycles. The second kappa shape index (κ2) is 7.84. The van der Waals surface area contributed by atoms with Gasteiger partial charge in [0.25, 0.3) is 0 Å². The molecule has 2 atom stereocenters. The second-order valence-electron chi connectivity index (χ2n) is 7.48. The van der Waals surface area contributed by atoms with Crippen LogP contribution in [0.25, 0.3) is 0 Å². The number of sulfone groups is 1. The van der Waals surface area contributed by atoms with Crippen LogP contribution in [0, 0.1) is 13.8 Å². The smallest absolute Gasteiger partial charge is 0.234 e. The number of para-hydroxylation sites is 1. The molecule has 2 aliphatic rings. The maximum absolute atomic E-state index is 12.5. The number of carbonyl (C=O) groups is 1. The fourth-order valence-corrected chi connectivity index (χ4v) is 6.56. The molecular formula is C21H23N3O3S2. The highest BCUT2D eigenvalue weighted by atomic mass is 32.2. The first-order chi connectivity index (χ1) is 13.8. The van der Waals surface area contributed by atoms with Crippen LogP contribution < -0.4 is 10.2 Å². The highest BCUT2D eigenvalue weighted by Gasteiger charge is 2.47. The lowest BCUT2D eigenvalue weighted by molar-refractivity contribution is -0.113. The Kier molecular flexibility index (Phi) is 5.40. The minimum atomic E-state index is -3.09. The zero-order valence-electron chi connectivity index (χ0n) is 16.3. The first-order valence-electron chi connectivity index (χ1n) is 9.45. The summed E-state index contributed by atoms with van der Waals surface area (Å²) in [6, 6.07) is 15.1. The predicted octanol–water partition coefficient (Wildman–Crippen LogP) is 3.02. The molecule has 6 nitrogen and oxygen atoms in total. The highest BCUT2D eigenvalue weighted by molar-refractivity contribution is 8.14. The van der Waals surface area contributed by atoms with E-state index in [0.717, 1.165) is 22.5 Å². The molecule has 0 bridgehead atoms. The van der Waals surface area contributed by atoms with Gasteiger partial charge in [-0.15, -0.1) is 0 Å². The monoisotopic (exact) mass is 429 g/mol. The number of carbonyl (C=O) groups excluding carboxylic acids is 1. The van der Waals surface area contributed by atoms with E-state index in [9.17, 15) is 13.2 Å². The lowest BCUT2D eigenvalue weighted by Crippen LogP contribution is -2.39. The van der Waals surface area contributed by atoms with Crippen LogP contribution in [0.15, 0.2) is 53.5 Å². The third-order valence-electron chi connectivity index (χ3n) is 5.13.